The van der Waals surface area contributed by atoms with Gasteiger partial charge in [0.05, 0.1) is 0 Å². The lowest BCUT2D eigenvalue weighted by Crippen LogP contribution is -2.29. The summed E-state index contributed by atoms with van der Waals surface area (Å²) < 4.78 is 0. The summed E-state index contributed by atoms with van der Waals surface area (Å²) in [4.78, 5) is 26.2. The molecule has 5 heteroatoms. The summed E-state index contributed by atoms with van der Waals surface area (Å²) in [6, 6.07) is 9.50. The highest BCUT2D eigenvalue weighted by Crippen LogP contribution is 2.27. The highest BCUT2D eigenvalue weighted by molar-refractivity contribution is 5.94. The van der Waals surface area contributed by atoms with Crippen LogP contribution in [0.25, 0.3) is 0 Å². The first-order chi connectivity index (χ1) is 11.7. The summed E-state index contributed by atoms with van der Waals surface area (Å²) in [5, 5.41) is 0. The van der Waals surface area contributed by atoms with Gasteiger partial charge in [-0.15, -0.1) is 0 Å². The van der Waals surface area contributed by atoms with Crippen LogP contribution < -0.4 is 0 Å². The highest BCUT2D eigenvalue weighted by atomic mass is 16.2. The number of carbonyl (C=O) groups excluding carboxylic acids is 1. The maximum absolute atomic E-state index is 12.6. The lowest BCUT2D eigenvalue weighted by Gasteiger charge is -2.24. The van der Waals surface area contributed by atoms with Gasteiger partial charge < -0.3 is 9.80 Å². The average molecular weight is 322 g/mol. The Bertz CT molecular complexity index is 746. The van der Waals surface area contributed by atoms with Crippen molar-refractivity contribution in [2.75, 3.05) is 26.7 Å². The van der Waals surface area contributed by atoms with Crippen LogP contribution in [0.4, 0.5) is 0 Å². The van der Waals surface area contributed by atoms with Gasteiger partial charge in [0, 0.05) is 61.5 Å². The first-order valence-electron chi connectivity index (χ1n) is 8.58. The second kappa shape index (κ2) is 6.32. The first kappa shape index (κ1) is 15.3. The third kappa shape index (κ3) is 2.91. The summed E-state index contributed by atoms with van der Waals surface area (Å²) in [5.74, 6) is 1.27. The van der Waals surface area contributed by atoms with Crippen molar-refractivity contribution in [3.63, 3.8) is 0 Å². The normalized spacial score (nSPS) is 20.9. The summed E-state index contributed by atoms with van der Waals surface area (Å²) in [6.45, 7) is 3.47. The number of nitrogens with zero attached hydrogens (tertiary/aromatic N) is 4. The molecular formula is C19H22N4O. The van der Waals surface area contributed by atoms with Crippen molar-refractivity contribution in [2.24, 2.45) is 0 Å². The van der Waals surface area contributed by atoms with Crippen molar-refractivity contribution in [3.05, 3.63) is 59.2 Å². The maximum Gasteiger partial charge on any atom is 0.253 e. The largest absolute Gasteiger partial charge is 0.338 e. The van der Waals surface area contributed by atoms with Crippen LogP contribution in [0.3, 0.4) is 0 Å². The van der Waals surface area contributed by atoms with E-state index in [0.717, 1.165) is 43.9 Å². The minimum atomic E-state index is 0.109. The number of hydrogen-bond acceptors (Lipinski definition) is 4. The molecule has 3 heterocycles. The van der Waals surface area contributed by atoms with Crippen molar-refractivity contribution in [3.8, 4) is 0 Å². The van der Waals surface area contributed by atoms with E-state index in [0.29, 0.717) is 6.54 Å². The SMILES string of the molecule is CN1CCc2nc(C3CCN(C(=O)c4ccccc4)C3)ncc2C1. The number of amides is 1. The molecule has 4 rings (SSSR count). The van der Waals surface area contributed by atoms with Gasteiger partial charge in [0.1, 0.15) is 5.82 Å². The summed E-state index contributed by atoms with van der Waals surface area (Å²) in [5.41, 5.74) is 3.18. The molecule has 0 aliphatic carbocycles. The molecule has 0 spiro atoms. The van der Waals surface area contributed by atoms with E-state index in [1.807, 2.05) is 41.4 Å². The fourth-order valence-corrected chi connectivity index (χ4v) is 3.59. The van der Waals surface area contributed by atoms with E-state index in [1.54, 1.807) is 0 Å². The van der Waals surface area contributed by atoms with Gasteiger partial charge in [-0.1, -0.05) is 18.2 Å². The fraction of sp³-hybridized carbons (Fsp3) is 0.421. The van der Waals surface area contributed by atoms with Gasteiger partial charge in [-0.2, -0.15) is 0 Å². The molecule has 1 saturated heterocycles. The topological polar surface area (TPSA) is 49.3 Å². The van der Waals surface area contributed by atoms with Crippen molar-refractivity contribution in [1.29, 1.82) is 0 Å². The fourth-order valence-electron chi connectivity index (χ4n) is 3.59. The molecule has 24 heavy (non-hydrogen) atoms. The molecule has 124 valence electrons. The molecule has 0 saturated carbocycles. The van der Waals surface area contributed by atoms with Gasteiger partial charge in [0.15, 0.2) is 0 Å². The van der Waals surface area contributed by atoms with Crippen molar-refractivity contribution < 1.29 is 4.79 Å². The zero-order valence-electron chi connectivity index (χ0n) is 14.0. The number of hydrogen-bond donors (Lipinski definition) is 0. The molecule has 2 aromatic rings. The molecule has 1 aromatic heterocycles. The molecule has 0 radical (unpaired) electrons. The van der Waals surface area contributed by atoms with Gasteiger partial charge >= 0.3 is 0 Å². The van der Waals surface area contributed by atoms with Crippen molar-refractivity contribution >= 4 is 5.91 Å². The Morgan fingerprint density at radius 2 is 2.04 bits per heavy atom. The first-order valence-corrected chi connectivity index (χ1v) is 8.58. The molecule has 0 N–H and O–H groups in total. The zero-order valence-corrected chi connectivity index (χ0v) is 14.0. The maximum atomic E-state index is 12.6. The molecule has 2 aliphatic rings. The minimum absolute atomic E-state index is 0.109. The van der Waals surface area contributed by atoms with Crippen LogP contribution in [0.2, 0.25) is 0 Å². The lowest BCUT2D eigenvalue weighted by atomic mass is 10.1. The Labute approximate surface area is 142 Å². The quantitative estimate of drug-likeness (QED) is 0.849. The number of benzene rings is 1. The molecule has 1 aromatic carbocycles. The smallest absolute Gasteiger partial charge is 0.253 e. The average Bonchev–Trinajstić information content (AvgIpc) is 3.11. The van der Waals surface area contributed by atoms with Crippen LogP contribution in [-0.2, 0) is 13.0 Å². The standard InChI is InChI=1S/C19H22N4O/c1-22-9-8-17-16(12-22)11-20-18(21-17)15-7-10-23(13-15)19(24)14-5-3-2-4-6-14/h2-6,11,15H,7-10,12-13H2,1H3. The van der Waals surface area contributed by atoms with Crippen LogP contribution in [0.5, 0.6) is 0 Å². The number of aromatic nitrogens is 2. The monoisotopic (exact) mass is 322 g/mol. The minimum Gasteiger partial charge on any atom is -0.338 e. The van der Waals surface area contributed by atoms with Crippen LogP contribution in [0.1, 0.15) is 39.8 Å². The molecular weight excluding hydrogens is 300 g/mol. The Kier molecular flexibility index (Phi) is 4.02. The second-order valence-electron chi connectivity index (χ2n) is 6.79. The third-order valence-corrected chi connectivity index (χ3v) is 5.00. The molecule has 5 nitrogen and oxygen atoms in total. The predicted molar refractivity (Wildman–Crippen MR) is 91.8 cm³/mol. The van der Waals surface area contributed by atoms with E-state index in [-0.39, 0.29) is 11.8 Å². The Morgan fingerprint density at radius 3 is 2.88 bits per heavy atom. The van der Waals surface area contributed by atoms with E-state index in [9.17, 15) is 4.79 Å². The Hall–Kier alpha value is -2.27. The van der Waals surface area contributed by atoms with Gasteiger partial charge in [0.25, 0.3) is 5.91 Å². The van der Waals surface area contributed by atoms with Gasteiger partial charge in [-0.25, -0.2) is 9.97 Å². The molecule has 0 bridgehead atoms. The van der Waals surface area contributed by atoms with Crippen molar-refractivity contribution in [1.82, 2.24) is 19.8 Å². The Morgan fingerprint density at radius 1 is 1.21 bits per heavy atom. The van der Waals surface area contributed by atoms with Crippen LogP contribution in [0.15, 0.2) is 36.5 Å². The third-order valence-electron chi connectivity index (χ3n) is 5.00. The van der Waals surface area contributed by atoms with E-state index in [2.05, 4.69) is 16.9 Å². The van der Waals surface area contributed by atoms with E-state index in [1.165, 1.54) is 11.3 Å². The Balaban J connectivity index is 1.48. The number of carbonyl (C=O) groups is 1. The van der Waals surface area contributed by atoms with Gasteiger partial charge in [-0.05, 0) is 25.6 Å². The lowest BCUT2D eigenvalue weighted by molar-refractivity contribution is 0.0790. The predicted octanol–water partition coefficient (Wildman–Crippen LogP) is 2.09. The van der Waals surface area contributed by atoms with Crippen LogP contribution in [-0.4, -0.2) is 52.4 Å². The molecule has 1 fully saturated rings. The van der Waals surface area contributed by atoms with Crippen LogP contribution >= 0.6 is 0 Å². The number of likely N-dealkylation sites (N-methyl/N-ethyl adjacent to an activating group) is 1. The zero-order chi connectivity index (χ0) is 16.5. The van der Waals surface area contributed by atoms with Crippen LogP contribution in [0, 0.1) is 0 Å². The number of likely N-dealkylation sites (tertiary alicyclic amines) is 1. The number of fused-ring (bicyclic) bond motifs is 1. The molecule has 1 amide bonds. The van der Waals surface area contributed by atoms with Gasteiger partial charge in [0.2, 0.25) is 0 Å². The summed E-state index contributed by atoms with van der Waals surface area (Å²) in [7, 11) is 2.13. The van der Waals surface area contributed by atoms with E-state index in [4.69, 9.17) is 4.98 Å². The van der Waals surface area contributed by atoms with E-state index < -0.39 is 0 Å². The number of rotatable bonds is 2. The molecule has 2 aliphatic heterocycles. The molecule has 1 unspecified atom stereocenters. The molecule has 1 atom stereocenters. The van der Waals surface area contributed by atoms with E-state index >= 15 is 0 Å². The van der Waals surface area contributed by atoms with Crippen molar-refractivity contribution in [2.45, 2.75) is 25.3 Å². The second-order valence-corrected chi connectivity index (χ2v) is 6.79. The van der Waals surface area contributed by atoms with Gasteiger partial charge in [-0.3, -0.25) is 4.79 Å². The highest BCUT2D eigenvalue weighted by Gasteiger charge is 2.30. The summed E-state index contributed by atoms with van der Waals surface area (Å²) >= 11 is 0. The summed E-state index contributed by atoms with van der Waals surface area (Å²) in [6.07, 6.45) is 3.91.